The summed E-state index contributed by atoms with van der Waals surface area (Å²) in [6.07, 6.45) is -0.432. The van der Waals surface area contributed by atoms with Crippen LogP contribution in [0, 0.1) is 0 Å². The first kappa shape index (κ1) is 17.3. The number of ether oxygens (including phenoxy) is 1. The zero-order valence-corrected chi connectivity index (χ0v) is 14.4. The first-order valence-corrected chi connectivity index (χ1v) is 7.53. The van der Waals surface area contributed by atoms with Crippen LogP contribution < -0.4 is 0 Å². The van der Waals surface area contributed by atoms with Crippen molar-refractivity contribution in [2.45, 2.75) is 65.3 Å². The average molecular weight is 313 g/mol. The van der Waals surface area contributed by atoms with Gasteiger partial charge in [-0.3, -0.25) is 4.90 Å². The van der Waals surface area contributed by atoms with E-state index in [2.05, 4.69) is 0 Å². The molecule has 22 heavy (non-hydrogen) atoms. The number of hydrogen-bond donors (Lipinski definition) is 0. The van der Waals surface area contributed by atoms with Gasteiger partial charge in [0.15, 0.2) is 0 Å². The highest BCUT2D eigenvalue weighted by Crippen LogP contribution is 2.40. The number of carbonyl (C=O) groups excluding carboxylic acids is 1. The summed E-state index contributed by atoms with van der Waals surface area (Å²) >= 11 is 0. The van der Waals surface area contributed by atoms with Crippen LogP contribution in [0.2, 0.25) is 0 Å². The molecule has 0 saturated carbocycles. The lowest BCUT2D eigenvalue weighted by Crippen LogP contribution is -2.48. The van der Waals surface area contributed by atoms with E-state index in [4.69, 9.17) is 14.0 Å². The van der Waals surface area contributed by atoms with E-state index < -0.39 is 35.7 Å². The maximum absolute atomic E-state index is 14.5. The normalized spacial score (nSPS) is 23.4. The van der Waals surface area contributed by atoms with Crippen LogP contribution in [0.1, 0.15) is 48.5 Å². The summed E-state index contributed by atoms with van der Waals surface area (Å²) in [6, 6.07) is 0. The summed E-state index contributed by atoms with van der Waals surface area (Å²) in [7, 11) is -0.999. The molecule has 2 aliphatic heterocycles. The molecule has 0 atom stereocenters. The second-order valence-corrected chi connectivity index (χ2v) is 7.88. The van der Waals surface area contributed by atoms with Crippen LogP contribution >= 0.6 is 0 Å². The van der Waals surface area contributed by atoms with E-state index in [1.165, 1.54) is 4.90 Å². The Labute approximate surface area is 131 Å². The Morgan fingerprint density at radius 3 is 2.05 bits per heavy atom. The van der Waals surface area contributed by atoms with Crippen LogP contribution in [-0.2, 0) is 14.0 Å². The molecule has 0 radical (unpaired) electrons. The van der Waals surface area contributed by atoms with Crippen molar-refractivity contribution in [1.29, 1.82) is 0 Å². The molecule has 0 unspecified atom stereocenters. The maximum atomic E-state index is 14.5. The number of hydrogen-bond acceptors (Lipinski definition) is 4. The van der Waals surface area contributed by atoms with E-state index in [1.807, 2.05) is 27.7 Å². The highest BCUT2D eigenvalue weighted by molar-refractivity contribution is 6.54. The van der Waals surface area contributed by atoms with Crippen LogP contribution in [-0.4, -0.2) is 48.0 Å². The van der Waals surface area contributed by atoms with Gasteiger partial charge in [-0.1, -0.05) is 0 Å². The quantitative estimate of drug-likeness (QED) is 0.698. The molecule has 0 aromatic rings. The highest BCUT2D eigenvalue weighted by atomic mass is 19.1. The molecule has 0 N–H and O–H groups in total. The fourth-order valence-electron chi connectivity index (χ4n) is 2.13. The number of amides is 1. The van der Waals surface area contributed by atoms with E-state index in [9.17, 15) is 9.18 Å². The second kappa shape index (κ2) is 5.23. The molecule has 2 rings (SSSR count). The zero-order chi connectivity index (χ0) is 16.9. The first-order valence-electron chi connectivity index (χ1n) is 7.53. The van der Waals surface area contributed by atoms with Gasteiger partial charge >= 0.3 is 13.2 Å². The number of halogens is 1. The number of likely N-dealkylation sites (tertiary alicyclic amines) is 1. The Kier molecular flexibility index (Phi) is 4.11. The third-order valence-corrected chi connectivity index (χ3v) is 4.21. The van der Waals surface area contributed by atoms with Crippen molar-refractivity contribution in [3.05, 3.63) is 11.3 Å². The summed E-state index contributed by atoms with van der Waals surface area (Å²) in [5.41, 5.74) is -1.63. The molecule has 5 nitrogen and oxygen atoms in total. The van der Waals surface area contributed by atoms with Crippen LogP contribution in [0.15, 0.2) is 11.3 Å². The standard InChI is InChI=1S/C15H25BFNO4/c1-13(2,3)20-12(19)18-8-10(9-18)11(17)16-21-14(4,5)15(6,7)22-16/h8-9H2,1-7H3. The van der Waals surface area contributed by atoms with Crippen molar-refractivity contribution in [3.63, 3.8) is 0 Å². The molecule has 0 spiro atoms. The van der Waals surface area contributed by atoms with Gasteiger partial charge < -0.3 is 14.0 Å². The summed E-state index contributed by atoms with van der Waals surface area (Å²) in [6.45, 7) is 13.3. The number of nitrogens with zero attached hydrogens (tertiary/aromatic N) is 1. The molecule has 2 heterocycles. The lowest BCUT2D eigenvalue weighted by Gasteiger charge is -2.35. The van der Waals surface area contributed by atoms with Gasteiger partial charge in [-0.25, -0.2) is 9.18 Å². The van der Waals surface area contributed by atoms with Crippen molar-refractivity contribution < 1.29 is 23.2 Å². The predicted octanol–water partition coefficient (Wildman–Crippen LogP) is 3.09. The van der Waals surface area contributed by atoms with Crippen molar-refractivity contribution in [2.24, 2.45) is 0 Å². The fraction of sp³-hybridized carbons (Fsp3) is 0.800. The van der Waals surface area contributed by atoms with Crippen LogP contribution in [0.25, 0.3) is 0 Å². The van der Waals surface area contributed by atoms with Crippen molar-refractivity contribution in [3.8, 4) is 0 Å². The Morgan fingerprint density at radius 2 is 1.64 bits per heavy atom. The molecular formula is C15H25BFNO4. The lowest BCUT2D eigenvalue weighted by atomic mass is 9.82. The minimum atomic E-state index is -0.999. The smallest absolute Gasteiger partial charge is 0.444 e. The van der Waals surface area contributed by atoms with E-state index in [-0.39, 0.29) is 13.1 Å². The SMILES string of the molecule is CC(C)(C)OC(=O)N1CC(=C(F)B2OC(C)(C)C(C)(C)O2)C1. The lowest BCUT2D eigenvalue weighted by molar-refractivity contribution is 0.00578. The number of rotatable bonds is 1. The van der Waals surface area contributed by atoms with Crippen LogP contribution in [0.4, 0.5) is 9.18 Å². The Bertz CT molecular complexity index is 486. The summed E-state index contributed by atoms with van der Waals surface area (Å²) in [5.74, 6) is 0. The Morgan fingerprint density at radius 1 is 1.18 bits per heavy atom. The van der Waals surface area contributed by atoms with Gasteiger partial charge in [0.2, 0.25) is 0 Å². The van der Waals surface area contributed by atoms with Crippen LogP contribution in [0.3, 0.4) is 0 Å². The van der Waals surface area contributed by atoms with Crippen molar-refractivity contribution >= 4 is 13.2 Å². The number of carbonyl (C=O) groups is 1. The van der Waals surface area contributed by atoms with Crippen molar-refractivity contribution in [1.82, 2.24) is 4.90 Å². The third-order valence-electron chi connectivity index (χ3n) is 4.21. The van der Waals surface area contributed by atoms with Crippen molar-refractivity contribution in [2.75, 3.05) is 13.1 Å². The zero-order valence-electron chi connectivity index (χ0n) is 14.4. The molecule has 0 aromatic carbocycles. The third kappa shape index (κ3) is 3.30. The molecule has 1 amide bonds. The van der Waals surface area contributed by atoms with Gasteiger partial charge in [-0.2, -0.15) is 0 Å². The molecule has 0 bridgehead atoms. The maximum Gasteiger partial charge on any atom is 0.525 e. The summed E-state index contributed by atoms with van der Waals surface area (Å²) in [5, 5.41) is 0. The molecular weight excluding hydrogens is 288 g/mol. The fourth-order valence-corrected chi connectivity index (χ4v) is 2.13. The van der Waals surface area contributed by atoms with Gasteiger partial charge in [0.1, 0.15) is 11.3 Å². The molecule has 7 heteroatoms. The molecule has 0 aliphatic carbocycles. The Balaban J connectivity index is 1.97. The van der Waals surface area contributed by atoms with E-state index in [0.717, 1.165) is 0 Å². The van der Waals surface area contributed by atoms with Gasteiger partial charge in [-0.15, -0.1) is 0 Å². The summed E-state index contributed by atoms with van der Waals surface area (Å²) in [4.78, 5) is 13.3. The minimum Gasteiger partial charge on any atom is -0.444 e. The van der Waals surface area contributed by atoms with E-state index >= 15 is 0 Å². The van der Waals surface area contributed by atoms with E-state index in [1.54, 1.807) is 20.8 Å². The van der Waals surface area contributed by atoms with Gasteiger partial charge in [-0.05, 0) is 54.0 Å². The van der Waals surface area contributed by atoms with Crippen LogP contribution in [0.5, 0.6) is 0 Å². The molecule has 2 saturated heterocycles. The van der Waals surface area contributed by atoms with Gasteiger partial charge in [0, 0.05) is 13.1 Å². The van der Waals surface area contributed by atoms with E-state index in [0.29, 0.717) is 5.57 Å². The topological polar surface area (TPSA) is 48.0 Å². The Hall–Kier alpha value is -1.08. The predicted molar refractivity (Wildman–Crippen MR) is 82.0 cm³/mol. The summed E-state index contributed by atoms with van der Waals surface area (Å²) < 4.78 is 31.0. The van der Waals surface area contributed by atoms with Gasteiger partial charge in [0.25, 0.3) is 0 Å². The molecule has 2 aliphatic rings. The molecule has 0 aromatic heterocycles. The minimum absolute atomic E-state index is 0.213. The second-order valence-electron chi connectivity index (χ2n) is 7.88. The molecule has 2 fully saturated rings. The highest BCUT2D eigenvalue weighted by Gasteiger charge is 2.54. The average Bonchev–Trinajstić information content (AvgIpc) is 2.42. The first-order chi connectivity index (χ1) is 9.82. The van der Waals surface area contributed by atoms with Gasteiger partial charge in [0.05, 0.1) is 11.2 Å². The monoisotopic (exact) mass is 313 g/mol. The largest absolute Gasteiger partial charge is 0.525 e. The molecule has 124 valence electrons.